The van der Waals surface area contributed by atoms with Gasteiger partial charge in [-0.3, -0.25) is 14.4 Å². The van der Waals surface area contributed by atoms with Crippen molar-refractivity contribution in [3.63, 3.8) is 0 Å². The molecule has 3 rings (SSSR count). The van der Waals surface area contributed by atoms with E-state index in [1.54, 1.807) is 12.1 Å². The number of anilines is 2. The molecule has 7 heteroatoms. The van der Waals surface area contributed by atoms with Gasteiger partial charge in [-0.05, 0) is 86.2 Å². The Labute approximate surface area is 224 Å². The fraction of sp³-hybridized carbons (Fsp3) is 0.323. The van der Waals surface area contributed by atoms with Crippen LogP contribution in [0.5, 0.6) is 11.5 Å². The number of hydrogen-bond donors (Lipinski definition) is 2. The molecule has 0 aliphatic rings. The molecule has 0 fully saturated rings. The molecule has 0 aliphatic carbocycles. The van der Waals surface area contributed by atoms with Gasteiger partial charge in [0.15, 0.2) is 6.61 Å². The van der Waals surface area contributed by atoms with Crippen molar-refractivity contribution in [2.75, 3.05) is 17.2 Å². The van der Waals surface area contributed by atoms with E-state index in [0.717, 1.165) is 28.0 Å². The molecule has 2 amide bonds. The molecule has 3 aromatic rings. The molecule has 3 aromatic carbocycles. The molecule has 0 unspecified atom stereocenters. The predicted molar refractivity (Wildman–Crippen MR) is 150 cm³/mol. The molecule has 38 heavy (non-hydrogen) atoms. The van der Waals surface area contributed by atoms with Crippen molar-refractivity contribution in [2.45, 2.75) is 59.8 Å². The first-order chi connectivity index (χ1) is 18.1. The van der Waals surface area contributed by atoms with Crippen LogP contribution in [0, 0.1) is 20.8 Å². The highest BCUT2D eigenvalue weighted by atomic mass is 16.5. The van der Waals surface area contributed by atoms with E-state index >= 15 is 0 Å². The van der Waals surface area contributed by atoms with Crippen molar-refractivity contribution in [1.82, 2.24) is 0 Å². The predicted octanol–water partition coefficient (Wildman–Crippen LogP) is 6.82. The Morgan fingerprint density at radius 3 is 2.16 bits per heavy atom. The second-order valence-corrected chi connectivity index (χ2v) is 9.75. The molecule has 0 radical (unpaired) electrons. The molecule has 0 saturated carbocycles. The van der Waals surface area contributed by atoms with E-state index in [4.69, 9.17) is 9.47 Å². The van der Waals surface area contributed by atoms with Gasteiger partial charge in [0, 0.05) is 24.2 Å². The Morgan fingerprint density at radius 1 is 0.789 bits per heavy atom. The summed E-state index contributed by atoms with van der Waals surface area (Å²) >= 11 is 0. The Hall–Kier alpha value is -4.13. The maximum Gasteiger partial charge on any atom is 0.306 e. The monoisotopic (exact) mass is 516 g/mol. The zero-order valence-corrected chi connectivity index (χ0v) is 22.7. The fourth-order valence-corrected chi connectivity index (χ4v) is 3.92. The summed E-state index contributed by atoms with van der Waals surface area (Å²) in [7, 11) is 0. The Kier molecular flexibility index (Phi) is 10.0. The molecular weight excluding hydrogens is 480 g/mol. The van der Waals surface area contributed by atoms with Crippen LogP contribution in [0.1, 0.15) is 61.3 Å². The summed E-state index contributed by atoms with van der Waals surface area (Å²) in [5.41, 5.74) is 5.61. The van der Waals surface area contributed by atoms with Crippen LogP contribution >= 0.6 is 0 Å². The third kappa shape index (κ3) is 8.76. The van der Waals surface area contributed by atoms with Gasteiger partial charge in [0.1, 0.15) is 11.5 Å². The van der Waals surface area contributed by atoms with Gasteiger partial charge in [0.2, 0.25) is 5.91 Å². The SMILES string of the molecule is Cc1ccc(NC(=O)COC(=O)CCCC(=O)Nc2ccc(Oc3cc(C)ccc3C(C)C)cc2)c(C)c1. The molecule has 0 aliphatic heterocycles. The number of ether oxygens (including phenoxy) is 2. The van der Waals surface area contributed by atoms with Gasteiger partial charge in [-0.15, -0.1) is 0 Å². The maximum atomic E-state index is 12.3. The zero-order valence-electron chi connectivity index (χ0n) is 22.7. The molecular formula is C31H36N2O5. The summed E-state index contributed by atoms with van der Waals surface area (Å²) < 4.78 is 11.1. The van der Waals surface area contributed by atoms with Crippen molar-refractivity contribution < 1.29 is 23.9 Å². The number of rotatable bonds is 11. The molecule has 0 spiro atoms. The molecule has 0 atom stereocenters. The zero-order chi connectivity index (χ0) is 27.7. The normalized spacial score (nSPS) is 10.7. The summed E-state index contributed by atoms with van der Waals surface area (Å²) in [5.74, 6) is 0.706. The quantitative estimate of drug-likeness (QED) is 0.273. The van der Waals surface area contributed by atoms with Gasteiger partial charge >= 0.3 is 5.97 Å². The molecule has 7 nitrogen and oxygen atoms in total. The largest absolute Gasteiger partial charge is 0.457 e. The van der Waals surface area contributed by atoms with E-state index in [1.807, 2.05) is 57.2 Å². The van der Waals surface area contributed by atoms with Crippen molar-refractivity contribution in [1.29, 1.82) is 0 Å². The summed E-state index contributed by atoms with van der Waals surface area (Å²) in [6, 6.07) is 19.0. The fourth-order valence-electron chi connectivity index (χ4n) is 3.92. The van der Waals surface area contributed by atoms with Crippen LogP contribution in [0.2, 0.25) is 0 Å². The van der Waals surface area contributed by atoms with E-state index < -0.39 is 11.9 Å². The molecule has 0 heterocycles. The first kappa shape index (κ1) is 28.4. The number of nitrogens with one attached hydrogen (secondary N) is 2. The third-order valence-corrected chi connectivity index (χ3v) is 5.96. The lowest BCUT2D eigenvalue weighted by atomic mass is 10.0. The van der Waals surface area contributed by atoms with Gasteiger partial charge in [0.05, 0.1) is 0 Å². The number of aryl methyl sites for hydroxylation is 3. The average Bonchev–Trinajstić information content (AvgIpc) is 2.85. The van der Waals surface area contributed by atoms with Gasteiger partial charge in [-0.25, -0.2) is 0 Å². The van der Waals surface area contributed by atoms with E-state index in [1.165, 1.54) is 0 Å². The first-order valence-electron chi connectivity index (χ1n) is 12.8. The highest BCUT2D eigenvalue weighted by molar-refractivity contribution is 5.93. The Balaban J connectivity index is 1.38. The lowest BCUT2D eigenvalue weighted by molar-refractivity contribution is -0.147. The average molecular weight is 517 g/mol. The second-order valence-electron chi connectivity index (χ2n) is 9.75. The van der Waals surface area contributed by atoms with Gasteiger partial charge in [-0.1, -0.05) is 43.7 Å². The van der Waals surface area contributed by atoms with Crippen LogP contribution < -0.4 is 15.4 Å². The third-order valence-electron chi connectivity index (χ3n) is 5.96. The molecule has 2 N–H and O–H groups in total. The van der Waals surface area contributed by atoms with Crippen LogP contribution in [-0.4, -0.2) is 24.4 Å². The number of esters is 1. The summed E-state index contributed by atoms with van der Waals surface area (Å²) in [5, 5.41) is 5.55. The van der Waals surface area contributed by atoms with Gasteiger partial charge in [-0.2, -0.15) is 0 Å². The summed E-state index contributed by atoms with van der Waals surface area (Å²) in [4.78, 5) is 36.3. The van der Waals surface area contributed by atoms with Crippen LogP contribution in [0.3, 0.4) is 0 Å². The van der Waals surface area contributed by atoms with E-state index in [9.17, 15) is 14.4 Å². The lowest BCUT2D eigenvalue weighted by Gasteiger charge is -2.15. The minimum atomic E-state index is -0.521. The first-order valence-corrected chi connectivity index (χ1v) is 12.8. The Morgan fingerprint density at radius 2 is 1.47 bits per heavy atom. The van der Waals surface area contributed by atoms with Gasteiger partial charge < -0.3 is 20.1 Å². The Bertz CT molecular complexity index is 1280. The van der Waals surface area contributed by atoms with Crippen LogP contribution in [0.25, 0.3) is 0 Å². The van der Waals surface area contributed by atoms with Crippen molar-refractivity contribution in [3.8, 4) is 11.5 Å². The van der Waals surface area contributed by atoms with Crippen LogP contribution in [0.4, 0.5) is 11.4 Å². The highest BCUT2D eigenvalue weighted by Crippen LogP contribution is 2.32. The number of hydrogen-bond acceptors (Lipinski definition) is 5. The van der Waals surface area contributed by atoms with Crippen molar-refractivity contribution in [2.24, 2.45) is 0 Å². The van der Waals surface area contributed by atoms with Crippen LogP contribution in [-0.2, 0) is 19.1 Å². The minimum absolute atomic E-state index is 0.0473. The second kappa shape index (κ2) is 13.4. The topological polar surface area (TPSA) is 93.7 Å². The lowest BCUT2D eigenvalue weighted by Crippen LogP contribution is -2.21. The van der Waals surface area contributed by atoms with Crippen molar-refractivity contribution >= 4 is 29.2 Å². The van der Waals surface area contributed by atoms with Gasteiger partial charge in [0.25, 0.3) is 5.91 Å². The molecule has 0 saturated heterocycles. The van der Waals surface area contributed by atoms with Crippen LogP contribution in [0.15, 0.2) is 60.7 Å². The maximum absolute atomic E-state index is 12.3. The summed E-state index contributed by atoms with van der Waals surface area (Å²) in [6.45, 7) is 9.78. The van der Waals surface area contributed by atoms with Crippen molar-refractivity contribution in [3.05, 3.63) is 82.9 Å². The minimum Gasteiger partial charge on any atom is -0.457 e. The number of amides is 2. The standard InChI is InChI=1S/C31H36N2O5/c1-20(2)26-15-9-22(4)18-28(26)38-25-13-11-24(12-14-25)32-29(34)7-6-8-31(36)37-19-30(35)33-27-16-10-21(3)17-23(27)5/h9-18,20H,6-8,19H2,1-5H3,(H,32,34)(H,33,35). The summed E-state index contributed by atoms with van der Waals surface area (Å²) in [6.07, 6.45) is 0.519. The smallest absolute Gasteiger partial charge is 0.306 e. The van der Waals surface area contributed by atoms with E-state index in [-0.39, 0.29) is 25.4 Å². The molecule has 0 aromatic heterocycles. The number of benzene rings is 3. The highest BCUT2D eigenvalue weighted by Gasteiger charge is 2.12. The molecule has 0 bridgehead atoms. The van der Waals surface area contributed by atoms with E-state index in [2.05, 4.69) is 36.6 Å². The number of carbonyl (C=O) groups excluding carboxylic acids is 3. The van der Waals surface area contributed by atoms with E-state index in [0.29, 0.717) is 29.5 Å². The number of carbonyl (C=O) groups is 3. The molecule has 200 valence electrons.